The molecule has 1 N–H and O–H groups in total. The number of nitrogens with zero attached hydrogens (tertiary/aromatic N) is 2. The molecule has 0 bridgehead atoms. The molecule has 0 aliphatic heterocycles. The molecule has 0 saturated heterocycles. The zero-order valence-corrected chi connectivity index (χ0v) is 13.2. The van der Waals surface area contributed by atoms with Gasteiger partial charge in [-0.15, -0.1) is 0 Å². The number of nitro groups is 1. The fourth-order valence-electron chi connectivity index (χ4n) is 1.62. The van der Waals surface area contributed by atoms with Crippen LogP contribution in [-0.4, -0.2) is 33.8 Å². The quantitative estimate of drug-likeness (QED) is 0.656. The summed E-state index contributed by atoms with van der Waals surface area (Å²) < 4.78 is 5.62. The standard InChI is InChI=1S/C12H11N3O5S2/c1-6(16)21-5-10(17)13-12-14-11-8(20-2)3-7(15(18)19)4-9(11)22-12/h3-4H,5H2,1-2H3,(H,13,14,17). The first kappa shape index (κ1) is 16.2. The van der Waals surface area contributed by atoms with Crippen molar-refractivity contribution in [2.75, 3.05) is 18.2 Å². The molecule has 0 aliphatic rings. The number of aromatic nitrogens is 1. The third kappa shape index (κ3) is 3.71. The number of non-ortho nitro benzene ring substituents is 1. The number of amides is 1. The number of thiazole rings is 1. The van der Waals surface area contributed by atoms with E-state index in [0.29, 0.717) is 15.3 Å². The van der Waals surface area contributed by atoms with Crippen molar-refractivity contribution >= 4 is 55.2 Å². The number of benzene rings is 1. The van der Waals surface area contributed by atoms with Crippen molar-refractivity contribution < 1.29 is 19.2 Å². The van der Waals surface area contributed by atoms with E-state index in [0.717, 1.165) is 23.1 Å². The number of anilines is 1. The lowest BCUT2D eigenvalue weighted by molar-refractivity contribution is -0.384. The van der Waals surface area contributed by atoms with Crippen LogP contribution >= 0.6 is 23.1 Å². The molecule has 1 heterocycles. The van der Waals surface area contributed by atoms with Crippen LogP contribution < -0.4 is 10.1 Å². The van der Waals surface area contributed by atoms with E-state index in [9.17, 15) is 19.7 Å². The van der Waals surface area contributed by atoms with Crippen LogP contribution in [0.4, 0.5) is 10.8 Å². The largest absolute Gasteiger partial charge is 0.494 e. The molecule has 116 valence electrons. The maximum absolute atomic E-state index is 11.7. The van der Waals surface area contributed by atoms with Crippen LogP contribution in [0.25, 0.3) is 10.2 Å². The molecular weight excluding hydrogens is 330 g/mol. The molecule has 2 aromatic rings. The maximum atomic E-state index is 11.7. The molecule has 1 aromatic heterocycles. The fraction of sp³-hybridized carbons (Fsp3) is 0.250. The van der Waals surface area contributed by atoms with Gasteiger partial charge in [0.25, 0.3) is 5.69 Å². The average Bonchev–Trinajstić information content (AvgIpc) is 2.86. The zero-order chi connectivity index (χ0) is 16.3. The Balaban J connectivity index is 2.28. The van der Waals surface area contributed by atoms with Crippen molar-refractivity contribution in [3.05, 3.63) is 22.2 Å². The summed E-state index contributed by atoms with van der Waals surface area (Å²) in [5.41, 5.74) is 0.325. The first-order valence-electron chi connectivity index (χ1n) is 5.97. The normalized spacial score (nSPS) is 10.5. The van der Waals surface area contributed by atoms with Crippen LogP contribution in [0, 0.1) is 10.1 Å². The second kappa shape index (κ2) is 6.71. The third-order valence-corrected chi connectivity index (χ3v) is 4.26. The molecule has 8 nitrogen and oxygen atoms in total. The number of carbonyl (C=O) groups excluding carboxylic acids is 2. The summed E-state index contributed by atoms with van der Waals surface area (Å²) in [6.45, 7) is 1.37. The minimum atomic E-state index is -0.524. The molecule has 1 amide bonds. The van der Waals surface area contributed by atoms with Crippen molar-refractivity contribution in [1.82, 2.24) is 4.98 Å². The lowest BCUT2D eigenvalue weighted by Crippen LogP contribution is -2.14. The van der Waals surface area contributed by atoms with E-state index in [4.69, 9.17) is 4.74 Å². The molecular formula is C12H11N3O5S2. The predicted molar refractivity (Wildman–Crippen MR) is 84.6 cm³/mol. The monoisotopic (exact) mass is 341 g/mol. The minimum Gasteiger partial charge on any atom is -0.494 e. The Labute approximate surface area is 133 Å². The number of nitrogens with one attached hydrogen (secondary N) is 1. The molecule has 0 radical (unpaired) electrons. The molecule has 2 rings (SSSR count). The van der Waals surface area contributed by atoms with Crippen LogP contribution in [0.1, 0.15) is 6.92 Å². The van der Waals surface area contributed by atoms with Crippen LogP contribution in [0.2, 0.25) is 0 Å². The summed E-state index contributed by atoms with van der Waals surface area (Å²) in [6, 6.07) is 2.65. The van der Waals surface area contributed by atoms with Crippen LogP contribution in [0.5, 0.6) is 5.75 Å². The predicted octanol–water partition coefficient (Wildman–Crippen LogP) is 2.43. The van der Waals surface area contributed by atoms with Gasteiger partial charge in [0.1, 0.15) is 5.52 Å². The van der Waals surface area contributed by atoms with Gasteiger partial charge in [-0.3, -0.25) is 19.7 Å². The number of hydrogen-bond donors (Lipinski definition) is 1. The lowest BCUT2D eigenvalue weighted by Gasteiger charge is -2.00. The van der Waals surface area contributed by atoms with Crippen LogP contribution in [0.3, 0.4) is 0 Å². The Bertz CT molecular complexity index is 759. The van der Waals surface area contributed by atoms with Gasteiger partial charge in [-0.1, -0.05) is 23.1 Å². The molecule has 0 saturated carbocycles. The highest BCUT2D eigenvalue weighted by atomic mass is 32.2. The molecule has 0 fully saturated rings. The van der Waals surface area contributed by atoms with Gasteiger partial charge >= 0.3 is 0 Å². The van der Waals surface area contributed by atoms with E-state index < -0.39 is 4.92 Å². The van der Waals surface area contributed by atoms with E-state index in [1.54, 1.807) is 0 Å². The summed E-state index contributed by atoms with van der Waals surface area (Å²) in [4.78, 5) is 37.0. The summed E-state index contributed by atoms with van der Waals surface area (Å²) in [5.74, 6) is -0.116. The number of carbonyl (C=O) groups is 2. The van der Waals surface area contributed by atoms with Gasteiger partial charge < -0.3 is 10.1 Å². The molecule has 10 heteroatoms. The first-order chi connectivity index (χ1) is 10.4. The number of methoxy groups -OCH3 is 1. The van der Waals surface area contributed by atoms with Gasteiger partial charge in [-0.05, 0) is 0 Å². The van der Waals surface area contributed by atoms with Gasteiger partial charge in [-0.2, -0.15) is 0 Å². The zero-order valence-electron chi connectivity index (χ0n) is 11.6. The van der Waals surface area contributed by atoms with Crippen molar-refractivity contribution in [3.8, 4) is 5.75 Å². The summed E-state index contributed by atoms with van der Waals surface area (Å²) in [6.07, 6.45) is 0. The van der Waals surface area contributed by atoms with Crippen molar-refractivity contribution in [1.29, 1.82) is 0 Å². The number of nitro benzene ring substituents is 1. The number of rotatable bonds is 5. The summed E-state index contributed by atoms with van der Waals surface area (Å²) in [7, 11) is 1.39. The number of ether oxygens (including phenoxy) is 1. The smallest absolute Gasteiger partial charge is 0.274 e. The minimum absolute atomic E-state index is 0.0114. The number of thioether (sulfide) groups is 1. The Kier molecular flexibility index (Phi) is 4.93. The SMILES string of the molecule is COc1cc([N+](=O)[O-])cc2sc(NC(=O)CSC(C)=O)nc12. The summed E-state index contributed by atoms with van der Waals surface area (Å²) >= 11 is 1.99. The molecule has 22 heavy (non-hydrogen) atoms. The second-order valence-electron chi connectivity index (χ2n) is 4.10. The van der Waals surface area contributed by atoms with Crippen molar-refractivity contribution in [3.63, 3.8) is 0 Å². The van der Waals surface area contributed by atoms with Gasteiger partial charge in [-0.25, -0.2) is 4.98 Å². The molecule has 0 aliphatic carbocycles. The highest BCUT2D eigenvalue weighted by Crippen LogP contribution is 2.36. The Morgan fingerprint density at radius 2 is 2.23 bits per heavy atom. The Morgan fingerprint density at radius 3 is 2.82 bits per heavy atom. The molecule has 1 aromatic carbocycles. The highest BCUT2D eigenvalue weighted by Gasteiger charge is 2.17. The molecule has 0 atom stereocenters. The number of fused-ring (bicyclic) bond motifs is 1. The van der Waals surface area contributed by atoms with E-state index in [1.807, 2.05) is 0 Å². The second-order valence-corrected chi connectivity index (χ2v) is 6.28. The van der Waals surface area contributed by atoms with E-state index in [1.165, 1.54) is 26.2 Å². The lowest BCUT2D eigenvalue weighted by atomic mass is 10.3. The highest BCUT2D eigenvalue weighted by molar-refractivity contribution is 8.14. The van der Waals surface area contributed by atoms with Gasteiger partial charge in [0, 0.05) is 13.0 Å². The van der Waals surface area contributed by atoms with Gasteiger partial charge in [0.2, 0.25) is 5.91 Å². The third-order valence-electron chi connectivity index (χ3n) is 2.53. The Morgan fingerprint density at radius 1 is 1.50 bits per heavy atom. The van der Waals surface area contributed by atoms with Crippen LogP contribution in [-0.2, 0) is 9.59 Å². The fourth-order valence-corrected chi connectivity index (χ4v) is 2.96. The topological polar surface area (TPSA) is 111 Å². The molecule has 0 spiro atoms. The maximum Gasteiger partial charge on any atom is 0.274 e. The first-order valence-corrected chi connectivity index (χ1v) is 7.77. The molecule has 0 unspecified atom stereocenters. The van der Waals surface area contributed by atoms with Crippen LogP contribution in [0.15, 0.2) is 12.1 Å². The van der Waals surface area contributed by atoms with Gasteiger partial charge in [0.05, 0.1) is 28.6 Å². The average molecular weight is 341 g/mol. The van der Waals surface area contributed by atoms with E-state index in [-0.39, 0.29) is 28.2 Å². The Hall–Kier alpha value is -2.20. The summed E-state index contributed by atoms with van der Waals surface area (Å²) in [5, 5.41) is 13.6. The van der Waals surface area contributed by atoms with E-state index >= 15 is 0 Å². The number of hydrogen-bond acceptors (Lipinski definition) is 8. The van der Waals surface area contributed by atoms with E-state index in [2.05, 4.69) is 10.3 Å². The van der Waals surface area contributed by atoms with Crippen molar-refractivity contribution in [2.24, 2.45) is 0 Å². The van der Waals surface area contributed by atoms with Gasteiger partial charge in [0.15, 0.2) is 16.0 Å². The van der Waals surface area contributed by atoms with Crippen molar-refractivity contribution in [2.45, 2.75) is 6.92 Å².